The largest absolute Gasteiger partial charge is 0.468 e. The fourth-order valence-corrected chi connectivity index (χ4v) is 6.94. The first-order chi connectivity index (χ1) is 22.6. The normalized spacial score (nSPS) is 20.0. The van der Waals surface area contributed by atoms with Crippen LogP contribution in [0.5, 0.6) is 0 Å². The van der Waals surface area contributed by atoms with E-state index in [1.54, 1.807) is 0 Å². The van der Waals surface area contributed by atoms with Gasteiger partial charge in [0.15, 0.2) is 5.84 Å². The van der Waals surface area contributed by atoms with Crippen LogP contribution in [0.3, 0.4) is 0 Å². The zero-order valence-corrected chi connectivity index (χ0v) is 26.1. The molecule has 7 heteroatoms. The van der Waals surface area contributed by atoms with Crippen molar-refractivity contribution in [3.8, 4) is 0 Å². The summed E-state index contributed by atoms with van der Waals surface area (Å²) in [6, 6.07) is 50.1. The number of rotatable bonds is 7. The molecule has 0 radical (unpaired) electrons. The number of methoxy groups -OCH3 is 1. The van der Waals surface area contributed by atoms with Crippen molar-refractivity contribution < 1.29 is 9.53 Å². The minimum absolute atomic E-state index is 0.411. The van der Waals surface area contributed by atoms with E-state index < -0.39 is 17.6 Å². The van der Waals surface area contributed by atoms with Crippen LogP contribution < -0.4 is 14.8 Å². The van der Waals surface area contributed by atoms with Gasteiger partial charge in [-0.15, -0.1) is 0 Å². The number of para-hydroxylation sites is 3. The average Bonchev–Trinajstić information content (AvgIpc) is 3.61. The molecular weight excluding hydrogens is 589 g/mol. The first-order valence-corrected chi connectivity index (χ1v) is 15.6. The topological polar surface area (TPSA) is 48.4 Å². The summed E-state index contributed by atoms with van der Waals surface area (Å²) in [6.07, 6.45) is 2.70. The zero-order chi connectivity index (χ0) is 31.5. The van der Waals surface area contributed by atoms with Gasteiger partial charge in [0.1, 0.15) is 10.9 Å². The summed E-state index contributed by atoms with van der Waals surface area (Å²) in [7, 11) is 1.44. The molecule has 0 aromatic heterocycles. The predicted octanol–water partition coefficient (Wildman–Crippen LogP) is 7.83. The lowest BCUT2D eigenvalue weighted by Crippen LogP contribution is -2.65. The molecule has 2 aliphatic heterocycles. The molecule has 0 amide bonds. The van der Waals surface area contributed by atoms with Crippen molar-refractivity contribution in [3.05, 3.63) is 175 Å². The second kappa shape index (κ2) is 12.5. The number of ether oxygens (including phenoxy) is 1. The van der Waals surface area contributed by atoms with Crippen LogP contribution in [0.15, 0.2) is 169 Å². The molecule has 0 saturated carbocycles. The Morgan fingerprint density at radius 2 is 1.24 bits per heavy atom. The van der Waals surface area contributed by atoms with E-state index in [0.29, 0.717) is 17.2 Å². The first-order valence-electron chi connectivity index (χ1n) is 15.2. The second-order valence-electron chi connectivity index (χ2n) is 11.1. The number of amidine groups is 1. The predicted molar refractivity (Wildman–Crippen MR) is 189 cm³/mol. The number of hydrogen-bond acceptors (Lipinski definition) is 6. The number of anilines is 3. The maximum Gasteiger partial charge on any atom is 0.319 e. The van der Waals surface area contributed by atoms with E-state index in [2.05, 4.69) is 23.1 Å². The SMILES string of the molecule is COC(=O)[C@@H]1C(=CCc2ccccc2)N(c2ccccc2)C(=S)[C@@]12N(c1ccccc1)N=C(c1ccccc1)N2c1ccccc1. The highest BCUT2D eigenvalue weighted by Gasteiger charge is 2.68. The average molecular weight is 621 g/mol. The van der Waals surface area contributed by atoms with E-state index in [9.17, 15) is 4.79 Å². The van der Waals surface area contributed by atoms with Crippen LogP contribution in [-0.2, 0) is 16.0 Å². The van der Waals surface area contributed by atoms with E-state index in [4.69, 9.17) is 22.1 Å². The fourth-order valence-electron chi connectivity index (χ4n) is 6.44. The van der Waals surface area contributed by atoms with Crippen molar-refractivity contribution in [1.29, 1.82) is 0 Å². The van der Waals surface area contributed by atoms with E-state index in [0.717, 1.165) is 33.9 Å². The summed E-state index contributed by atoms with van der Waals surface area (Å²) in [6.45, 7) is 0. The zero-order valence-electron chi connectivity index (χ0n) is 25.3. The summed E-state index contributed by atoms with van der Waals surface area (Å²) >= 11 is 6.62. The Hall–Kier alpha value is -5.53. The number of benzene rings is 5. The Kier molecular flexibility index (Phi) is 7.91. The summed E-state index contributed by atoms with van der Waals surface area (Å²) < 4.78 is 5.67. The van der Waals surface area contributed by atoms with Crippen LogP contribution in [0.25, 0.3) is 0 Å². The van der Waals surface area contributed by atoms with Crippen LogP contribution in [0, 0.1) is 5.92 Å². The number of carbonyl (C=O) groups is 1. The lowest BCUT2D eigenvalue weighted by molar-refractivity contribution is -0.145. The molecule has 226 valence electrons. The standard InChI is InChI=1S/C39H32N4O2S/c1-45-37(44)35-34(28-27-29-17-7-2-8-18-29)41(31-21-11-4-12-22-31)38(46)39(35)42(32-23-13-5-14-24-32)36(30-19-9-3-10-20-30)40-43(39)33-25-15-6-16-26-33/h2-26,28,35H,27H2,1H3/t35-,39-/m0/s1. The molecule has 1 fully saturated rings. The van der Waals surface area contributed by atoms with Crippen LogP contribution in [0.2, 0.25) is 0 Å². The third-order valence-corrected chi connectivity index (χ3v) is 8.92. The van der Waals surface area contributed by atoms with Crippen LogP contribution in [0.4, 0.5) is 17.1 Å². The van der Waals surface area contributed by atoms with E-state index in [1.165, 1.54) is 7.11 Å². The van der Waals surface area contributed by atoms with Crippen LogP contribution in [-0.4, -0.2) is 29.6 Å². The number of esters is 1. The maximum atomic E-state index is 14.5. The van der Waals surface area contributed by atoms with Gasteiger partial charge in [0.25, 0.3) is 0 Å². The molecule has 0 N–H and O–H groups in total. The van der Waals surface area contributed by atoms with Gasteiger partial charge in [-0.05, 0) is 48.4 Å². The molecular formula is C39H32N4O2S. The van der Waals surface area contributed by atoms with Crippen molar-refractivity contribution in [2.45, 2.75) is 12.1 Å². The van der Waals surface area contributed by atoms with Crippen molar-refractivity contribution in [3.63, 3.8) is 0 Å². The van der Waals surface area contributed by atoms with E-state index in [-0.39, 0.29) is 0 Å². The smallest absolute Gasteiger partial charge is 0.319 e. The molecule has 2 heterocycles. The van der Waals surface area contributed by atoms with Gasteiger partial charge in [-0.25, -0.2) is 5.01 Å². The highest BCUT2D eigenvalue weighted by atomic mass is 32.1. The molecule has 2 aliphatic rings. The van der Waals surface area contributed by atoms with Crippen molar-refractivity contribution in [2.75, 3.05) is 21.9 Å². The Labute approximate surface area is 274 Å². The summed E-state index contributed by atoms with van der Waals surface area (Å²) in [4.78, 5) is 19.1. The number of hydrazone groups is 1. The van der Waals surface area contributed by atoms with Gasteiger partial charge < -0.3 is 9.64 Å². The van der Waals surface area contributed by atoms with Gasteiger partial charge in [0, 0.05) is 22.6 Å². The molecule has 46 heavy (non-hydrogen) atoms. The van der Waals surface area contributed by atoms with Gasteiger partial charge in [0.05, 0.1) is 12.8 Å². The molecule has 6 nitrogen and oxygen atoms in total. The van der Waals surface area contributed by atoms with Crippen LogP contribution >= 0.6 is 12.2 Å². The third-order valence-electron chi connectivity index (χ3n) is 8.43. The quantitative estimate of drug-likeness (QED) is 0.137. The molecule has 0 aliphatic carbocycles. The highest BCUT2D eigenvalue weighted by molar-refractivity contribution is 7.81. The van der Waals surface area contributed by atoms with Crippen LogP contribution in [0.1, 0.15) is 11.1 Å². The Bertz CT molecular complexity index is 1900. The summed E-state index contributed by atoms with van der Waals surface area (Å²) in [5, 5.41) is 7.27. The second-order valence-corrected chi connectivity index (χ2v) is 11.5. The number of nitrogens with zero attached hydrogens (tertiary/aromatic N) is 4. The monoisotopic (exact) mass is 620 g/mol. The highest BCUT2D eigenvalue weighted by Crippen LogP contribution is 2.53. The minimum Gasteiger partial charge on any atom is -0.468 e. The van der Waals surface area contributed by atoms with Gasteiger partial charge >= 0.3 is 5.97 Å². The van der Waals surface area contributed by atoms with E-state index >= 15 is 0 Å². The molecule has 7 rings (SSSR count). The Morgan fingerprint density at radius 3 is 1.80 bits per heavy atom. The molecule has 2 atom stereocenters. The van der Waals surface area contributed by atoms with Gasteiger partial charge in [0.2, 0.25) is 5.66 Å². The molecule has 1 spiro atoms. The fraction of sp³-hybridized carbons (Fsp3) is 0.103. The Balaban J connectivity index is 1.56. The van der Waals surface area contributed by atoms with Gasteiger partial charge in [-0.1, -0.05) is 134 Å². The van der Waals surface area contributed by atoms with Crippen molar-refractivity contribution >= 4 is 46.1 Å². The van der Waals surface area contributed by atoms with Gasteiger partial charge in [-0.3, -0.25) is 9.69 Å². The molecule has 0 unspecified atom stereocenters. The van der Waals surface area contributed by atoms with Crippen molar-refractivity contribution in [2.24, 2.45) is 11.0 Å². The maximum absolute atomic E-state index is 14.5. The van der Waals surface area contributed by atoms with E-state index in [1.807, 2.05) is 149 Å². The first kappa shape index (κ1) is 29.2. The number of thiocarbonyl (C=S) groups is 1. The third kappa shape index (κ3) is 4.86. The van der Waals surface area contributed by atoms with Crippen molar-refractivity contribution in [1.82, 2.24) is 0 Å². The molecule has 1 saturated heterocycles. The summed E-state index contributed by atoms with van der Waals surface area (Å²) in [5.41, 5.74) is 3.91. The number of hydrogen-bond donors (Lipinski definition) is 0. The minimum atomic E-state index is -1.32. The lowest BCUT2D eigenvalue weighted by atomic mass is 9.88. The molecule has 0 bridgehead atoms. The molecule has 5 aromatic carbocycles. The number of allylic oxidation sites excluding steroid dienone is 1. The van der Waals surface area contributed by atoms with Gasteiger partial charge in [-0.2, -0.15) is 5.10 Å². The molecule has 5 aromatic rings. The summed E-state index contributed by atoms with van der Waals surface area (Å²) in [5.74, 6) is -0.630. The lowest BCUT2D eigenvalue weighted by Gasteiger charge is -2.44. The Morgan fingerprint density at radius 1 is 0.739 bits per heavy atom. The number of carbonyl (C=O) groups excluding carboxylic acids is 1.